The first-order valence-corrected chi connectivity index (χ1v) is 6.93. The molecular formula is C17H14F2N2O. The summed E-state index contributed by atoms with van der Waals surface area (Å²) in [4.78, 5) is 11.8. The maximum absolute atomic E-state index is 13.4. The zero-order chi connectivity index (χ0) is 15.7. The Kier molecular flexibility index (Phi) is 3.71. The molecule has 2 aromatic rings. The fourth-order valence-corrected chi connectivity index (χ4v) is 2.59. The van der Waals surface area contributed by atoms with E-state index >= 15 is 0 Å². The molecule has 0 aromatic heterocycles. The van der Waals surface area contributed by atoms with Gasteiger partial charge in [0.2, 0.25) is 5.91 Å². The summed E-state index contributed by atoms with van der Waals surface area (Å²) in [7, 11) is 0. The molecule has 22 heavy (non-hydrogen) atoms. The summed E-state index contributed by atoms with van der Waals surface area (Å²) in [5.74, 6) is -0.893. The Morgan fingerprint density at radius 1 is 1.14 bits per heavy atom. The number of rotatable bonds is 2. The number of hydrogen-bond acceptors (Lipinski definition) is 2. The van der Waals surface area contributed by atoms with Crippen molar-refractivity contribution in [3.8, 4) is 0 Å². The lowest BCUT2D eigenvalue weighted by molar-refractivity contribution is -0.130. The Balaban J connectivity index is 1.94. The van der Waals surface area contributed by atoms with Crippen LogP contribution in [-0.2, 0) is 4.79 Å². The molecular weight excluding hydrogens is 286 g/mol. The average molecular weight is 300 g/mol. The van der Waals surface area contributed by atoms with Crippen LogP contribution < -0.4 is 0 Å². The van der Waals surface area contributed by atoms with E-state index in [0.29, 0.717) is 17.7 Å². The van der Waals surface area contributed by atoms with Crippen LogP contribution >= 0.6 is 0 Å². The average Bonchev–Trinajstić information content (AvgIpc) is 2.93. The van der Waals surface area contributed by atoms with Crippen molar-refractivity contribution in [2.45, 2.75) is 19.4 Å². The SMILES string of the molecule is CC(=O)N1N=C(c2ccc(F)cc2)C[C@H]1c1cccc(F)c1. The maximum Gasteiger partial charge on any atom is 0.240 e. The zero-order valence-corrected chi connectivity index (χ0v) is 12.0. The third-order valence-electron chi connectivity index (χ3n) is 3.64. The maximum atomic E-state index is 13.4. The molecule has 0 saturated heterocycles. The minimum Gasteiger partial charge on any atom is -0.273 e. The van der Waals surface area contributed by atoms with Crippen LogP contribution in [0.2, 0.25) is 0 Å². The molecule has 1 aliphatic rings. The number of carbonyl (C=O) groups is 1. The van der Waals surface area contributed by atoms with Crippen molar-refractivity contribution in [2.24, 2.45) is 5.10 Å². The number of benzene rings is 2. The molecule has 1 aliphatic heterocycles. The second kappa shape index (κ2) is 5.67. The molecule has 3 nitrogen and oxygen atoms in total. The summed E-state index contributed by atoms with van der Waals surface area (Å²) in [6.07, 6.45) is 0.467. The van der Waals surface area contributed by atoms with E-state index in [-0.39, 0.29) is 23.6 Å². The molecule has 0 unspecified atom stereocenters. The summed E-state index contributed by atoms with van der Waals surface area (Å²) in [5.41, 5.74) is 2.13. The van der Waals surface area contributed by atoms with Crippen LogP contribution in [0.1, 0.15) is 30.5 Å². The molecule has 5 heteroatoms. The minimum absolute atomic E-state index is 0.216. The van der Waals surface area contributed by atoms with E-state index in [2.05, 4.69) is 5.10 Å². The van der Waals surface area contributed by atoms with Crippen LogP contribution in [0, 0.1) is 11.6 Å². The molecule has 0 aliphatic carbocycles. The number of hydrogen-bond donors (Lipinski definition) is 0. The lowest BCUT2D eigenvalue weighted by Crippen LogP contribution is -2.24. The van der Waals surface area contributed by atoms with Crippen LogP contribution in [0.15, 0.2) is 53.6 Å². The Labute approximate surface area is 126 Å². The van der Waals surface area contributed by atoms with Crippen molar-refractivity contribution in [1.29, 1.82) is 0 Å². The van der Waals surface area contributed by atoms with Gasteiger partial charge in [0.25, 0.3) is 0 Å². The van der Waals surface area contributed by atoms with Gasteiger partial charge in [0.05, 0.1) is 11.8 Å². The van der Waals surface area contributed by atoms with Gasteiger partial charge in [-0.25, -0.2) is 13.8 Å². The number of nitrogens with zero attached hydrogens (tertiary/aromatic N) is 2. The van der Waals surface area contributed by atoms with Gasteiger partial charge in [0, 0.05) is 13.3 Å². The van der Waals surface area contributed by atoms with Gasteiger partial charge in [-0.15, -0.1) is 0 Å². The van der Waals surface area contributed by atoms with Crippen LogP contribution in [0.3, 0.4) is 0 Å². The molecule has 112 valence electrons. The standard InChI is InChI=1S/C17H14F2N2O/c1-11(22)21-17(13-3-2-4-15(19)9-13)10-16(20-21)12-5-7-14(18)8-6-12/h2-9,17H,10H2,1H3/t17-/m0/s1. The third-order valence-corrected chi connectivity index (χ3v) is 3.64. The van der Waals surface area contributed by atoms with Gasteiger partial charge < -0.3 is 0 Å². The summed E-state index contributed by atoms with van der Waals surface area (Å²) < 4.78 is 26.4. The smallest absolute Gasteiger partial charge is 0.240 e. The van der Waals surface area contributed by atoms with Crippen molar-refractivity contribution in [3.63, 3.8) is 0 Å². The zero-order valence-electron chi connectivity index (χ0n) is 12.0. The second-order valence-corrected chi connectivity index (χ2v) is 5.19. The number of amides is 1. The highest BCUT2D eigenvalue weighted by molar-refractivity contribution is 6.03. The summed E-state index contributed by atoms with van der Waals surface area (Å²) >= 11 is 0. The van der Waals surface area contributed by atoms with Gasteiger partial charge >= 0.3 is 0 Å². The summed E-state index contributed by atoms with van der Waals surface area (Å²) in [5, 5.41) is 5.69. The van der Waals surface area contributed by atoms with Crippen LogP contribution in [-0.4, -0.2) is 16.6 Å². The monoisotopic (exact) mass is 300 g/mol. The van der Waals surface area contributed by atoms with Crippen LogP contribution in [0.25, 0.3) is 0 Å². The van der Waals surface area contributed by atoms with Crippen molar-refractivity contribution in [3.05, 3.63) is 71.3 Å². The quantitative estimate of drug-likeness (QED) is 0.833. The Hall–Kier alpha value is -2.56. The van der Waals surface area contributed by atoms with Gasteiger partial charge in [-0.3, -0.25) is 4.79 Å². The van der Waals surface area contributed by atoms with E-state index in [1.54, 1.807) is 24.3 Å². The van der Waals surface area contributed by atoms with Crippen molar-refractivity contribution in [2.75, 3.05) is 0 Å². The minimum atomic E-state index is -0.351. The fourth-order valence-electron chi connectivity index (χ4n) is 2.59. The number of carbonyl (C=O) groups excluding carboxylic acids is 1. The highest BCUT2D eigenvalue weighted by Gasteiger charge is 2.31. The van der Waals surface area contributed by atoms with Crippen molar-refractivity contribution < 1.29 is 13.6 Å². The van der Waals surface area contributed by atoms with Gasteiger partial charge in [-0.05, 0) is 35.4 Å². The highest BCUT2D eigenvalue weighted by atomic mass is 19.1. The van der Waals surface area contributed by atoms with E-state index in [9.17, 15) is 13.6 Å². The molecule has 1 heterocycles. The molecule has 3 rings (SSSR count). The van der Waals surface area contributed by atoms with Crippen molar-refractivity contribution in [1.82, 2.24) is 5.01 Å². The first-order chi connectivity index (χ1) is 10.5. The first kappa shape index (κ1) is 14.4. The van der Waals surface area contributed by atoms with E-state index < -0.39 is 0 Å². The van der Waals surface area contributed by atoms with E-state index in [0.717, 1.165) is 5.56 Å². The Morgan fingerprint density at radius 3 is 2.50 bits per heavy atom. The number of hydrazone groups is 1. The number of halogens is 2. The van der Waals surface area contributed by atoms with Gasteiger partial charge in [0.15, 0.2) is 0 Å². The molecule has 0 N–H and O–H groups in total. The lowest BCUT2D eigenvalue weighted by Gasteiger charge is -2.20. The molecule has 2 aromatic carbocycles. The fraction of sp³-hybridized carbons (Fsp3) is 0.176. The van der Waals surface area contributed by atoms with E-state index in [1.807, 2.05) is 0 Å². The molecule has 0 spiro atoms. The Morgan fingerprint density at radius 2 is 1.86 bits per heavy atom. The normalized spacial score (nSPS) is 17.5. The van der Waals surface area contributed by atoms with Gasteiger partial charge in [0.1, 0.15) is 11.6 Å². The third kappa shape index (κ3) is 2.74. The highest BCUT2D eigenvalue weighted by Crippen LogP contribution is 2.32. The summed E-state index contributed by atoms with van der Waals surface area (Å²) in [6.45, 7) is 1.42. The second-order valence-electron chi connectivity index (χ2n) is 5.19. The predicted octanol–water partition coefficient (Wildman–Crippen LogP) is 3.66. The van der Waals surface area contributed by atoms with Crippen LogP contribution in [0.4, 0.5) is 8.78 Å². The molecule has 0 radical (unpaired) electrons. The summed E-state index contributed by atoms with van der Waals surface area (Å²) in [6, 6.07) is 11.8. The Bertz CT molecular complexity index is 741. The topological polar surface area (TPSA) is 32.7 Å². The van der Waals surface area contributed by atoms with E-state index in [4.69, 9.17) is 0 Å². The molecule has 0 saturated carbocycles. The first-order valence-electron chi connectivity index (χ1n) is 6.93. The van der Waals surface area contributed by atoms with Crippen LogP contribution in [0.5, 0.6) is 0 Å². The lowest BCUT2D eigenvalue weighted by atomic mass is 9.98. The largest absolute Gasteiger partial charge is 0.273 e. The molecule has 1 atom stereocenters. The van der Waals surface area contributed by atoms with Gasteiger partial charge in [-0.1, -0.05) is 24.3 Å². The van der Waals surface area contributed by atoms with E-state index in [1.165, 1.54) is 36.2 Å². The predicted molar refractivity (Wildman–Crippen MR) is 79.2 cm³/mol. The van der Waals surface area contributed by atoms with Gasteiger partial charge in [-0.2, -0.15) is 5.10 Å². The molecule has 1 amide bonds. The molecule has 0 fully saturated rings. The molecule has 0 bridgehead atoms. The van der Waals surface area contributed by atoms with Crippen molar-refractivity contribution >= 4 is 11.6 Å².